The summed E-state index contributed by atoms with van der Waals surface area (Å²) < 4.78 is 7.09. The Kier molecular flexibility index (Phi) is 11.0. The van der Waals surface area contributed by atoms with Gasteiger partial charge in [-0.1, -0.05) is 139 Å². The lowest BCUT2D eigenvalue weighted by Crippen LogP contribution is -2.29. The summed E-state index contributed by atoms with van der Waals surface area (Å²) in [5, 5.41) is 23.4. The fourth-order valence-electron chi connectivity index (χ4n) is 5.45. The van der Waals surface area contributed by atoms with Crippen molar-refractivity contribution in [3.63, 3.8) is 0 Å². The molecule has 2 aromatic heterocycles. The molecule has 236 valence electrons. The molecule has 0 radical (unpaired) electrons. The Hall–Kier alpha value is -3.48. The van der Waals surface area contributed by atoms with Gasteiger partial charge in [0.15, 0.2) is 12.6 Å². The molecule has 0 unspecified atom stereocenters. The van der Waals surface area contributed by atoms with Gasteiger partial charge in [-0.2, -0.15) is 0 Å². The molecule has 0 saturated carbocycles. The molecule has 6 aromatic carbocycles. The minimum absolute atomic E-state index is 0.582. The van der Waals surface area contributed by atoms with E-state index in [1.165, 1.54) is 30.3 Å². The second-order valence-corrected chi connectivity index (χ2v) is 15.2. The van der Waals surface area contributed by atoms with Crippen molar-refractivity contribution in [2.24, 2.45) is 0 Å². The summed E-state index contributed by atoms with van der Waals surface area (Å²) in [7, 11) is -1.41. The van der Waals surface area contributed by atoms with Crippen molar-refractivity contribution in [2.75, 3.05) is 0 Å². The number of thiophene rings is 2. The van der Waals surface area contributed by atoms with Crippen LogP contribution in [0, 0.1) is 0 Å². The Morgan fingerprint density at radius 3 is 1.48 bits per heavy atom. The summed E-state index contributed by atoms with van der Waals surface area (Å²) in [5.41, 5.74) is 4.03. The fraction of sp³-hybridized carbons (Fsp3) is 0. The molecular formula is C38H24BBr3O4S2. The third kappa shape index (κ3) is 6.98. The highest BCUT2D eigenvalue weighted by Gasteiger charge is 2.17. The minimum atomic E-state index is -1.41. The highest BCUT2D eigenvalue weighted by atomic mass is 79.9. The van der Waals surface area contributed by atoms with Gasteiger partial charge in [-0.3, -0.25) is 9.59 Å². The second kappa shape index (κ2) is 15.4. The van der Waals surface area contributed by atoms with E-state index < -0.39 is 7.12 Å². The monoisotopic (exact) mass is 856 g/mol. The van der Waals surface area contributed by atoms with Gasteiger partial charge < -0.3 is 10.0 Å². The third-order valence-corrected chi connectivity index (χ3v) is 12.2. The van der Waals surface area contributed by atoms with Crippen LogP contribution in [0.15, 0.2) is 135 Å². The summed E-state index contributed by atoms with van der Waals surface area (Å²) >= 11 is 13.3. The quantitative estimate of drug-likeness (QED) is 0.137. The molecule has 0 atom stereocenters. The SMILES string of the molecule is O=Cc1c(Br)cccc1-c1cccc2c1sc1ccccc12.O=Cc1c(Br)cccc1Br.OB(O)c1cccc2c1sc1ccccc12. The van der Waals surface area contributed by atoms with E-state index in [-0.39, 0.29) is 0 Å². The number of hydrogen-bond acceptors (Lipinski definition) is 6. The predicted molar refractivity (Wildman–Crippen MR) is 214 cm³/mol. The van der Waals surface area contributed by atoms with E-state index in [4.69, 9.17) is 0 Å². The van der Waals surface area contributed by atoms with Crippen molar-refractivity contribution in [3.05, 3.63) is 146 Å². The van der Waals surface area contributed by atoms with Gasteiger partial charge in [0.25, 0.3) is 0 Å². The first-order valence-electron chi connectivity index (χ1n) is 14.6. The molecule has 8 aromatic rings. The average Bonchev–Trinajstić information content (AvgIpc) is 3.67. The second-order valence-electron chi connectivity index (χ2n) is 10.5. The Morgan fingerprint density at radius 2 is 0.917 bits per heavy atom. The zero-order chi connectivity index (χ0) is 33.8. The standard InChI is InChI=1S/C19H11BrOS.C12H9BO2S.C7H4Br2O/c20-17-9-4-6-12(16(17)11-21)14-7-3-8-15-13-5-1-2-10-18(13)22-19(14)15;14-13(15)10-6-3-5-9-8-4-1-2-7-11(8)16-12(9)10;8-6-2-1-3-7(9)5(6)4-10/h1-11H;1-7,14-15H;1-4H. The van der Waals surface area contributed by atoms with Crippen LogP contribution < -0.4 is 5.46 Å². The number of fused-ring (bicyclic) bond motifs is 6. The van der Waals surface area contributed by atoms with Gasteiger partial charge in [0.05, 0.1) is 0 Å². The molecule has 0 spiro atoms. The molecule has 2 N–H and O–H groups in total. The zero-order valence-electron chi connectivity index (χ0n) is 24.9. The molecule has 0 fully saturated rings. The number of benzene rings is 6. The van der Waals surface area contributed by atoms with Crippen LogP contribution in [0.2, 0.25) is 0 Å². The molecule has 0 aliphatic heterocycles. The Balaban J connectivity index is 0.000000135. The zero-order valence-corrected chi connectivity index (χ0v) is 31.3. The molecule has 8 rings (SSSR count). The van der Waals surface area contributed by atoms with Crippen LogP contribution in [0.3, 0.4) is 0 Å². The number of rotatable bonds is 4. The largest absolute Gasteiger partial charge is 0.489 e. The first kappa shape index (κ1) is 34.4. The van der Waals surface area contributed by atoms with E-state index in [9.17, 15) is 19.6 Å². The van der Waals surface area contributed by atoms with E-state index in [0.717, 1.165) is 47.2 Å². The molecule has 48 heavy (non-hydrogen) atoms. The number of aldehydes is 2. The van der Waals surface area contributed by atoms with Gasteiger partial charge in [0, 0.05) is 65.1 Å². The summed E-state index contributed by atoms with van der Waals surface area (Å²) in [6.45, 7) is 0. The van der Waals surface area contributed by atoms with Crippen LogP contribution in [0.25, 0.3) is 51.5 Å². The number of carbonyl (C=O) groups excluding carboxylic acids is 2. The van der Waals surface area contributed by atoms with Crippen molar-refractivity contribution < 1.29 is 19.6 Å². The Labute approximate surface area is 310 Å². The molecule has 0 bridgehead atoms. The predicted octanol–water partition coefficient (Wildman–Crippen LogP) is 11.1. The Morgan fingerprint density at radius 1 is 0.479 bits per heavy atom. The van der Waals surface area contributed by atoms with Crippen molar-refractivity contribution in [1.82, 2.24) is 0 Å². The van der Waals surface area contributed by atoms with Crippen molar-refractivity contribution in [2.45, 2.75) is 0 Å². The smallest absolute Gasteiger partial charge is 0.423 e. The molecule has 2 heterocycles. The van der Waals surface area contributed by atoms with E-state index >= 15 is 0 Å². The van der Waals surface area contributed by atoms with Gasteiger partial charge in [-0.15, -0.1) is 22.7 Å². The van der Waals surface area contributed by atoms with Gasteiger partial charge >= 0.3 is 7.12 Å². The normalized spacial score (nSPS) is 10.8. The van der Waals surface area contributed by atoms with Gasteiger partial charge in [0.2, 0.25) is 0 Å². The lowest BCUT2D eigenvalue weighted by Gasteiger charge is -2.08. The average molecular weight is 859 g/mol. The Bertz CT molecular complexity index is 2420. The summed E-state index contributed by atoms with van der Waals surface area (Å²) in [4.78, 5) is 21.9. The van der Waals surface area contributed by atoms with Crippen LogP contribution in [-0.4, -0.2) is 29.7 Å². The number of carbonyl (C=O) groups is 2. The maximum Gasteiger partial charge on any atom is 0.489 e. The first-order valence-corrected chi connectivity index (χ1v) is 18.6. The van der Waals surface area contributed by atoms with Gasteiger partial charge in [-0.05, 0) is 46.7 Å². The number of halogens is 3. The topological polar surface area (TPSA) is 74.6 Å². The van der Waals surface area contributed by atoms with E-state index in [2.05, 4.69) is 96.3 Å². The van der Waals surface area contributed by atoms with Crippen molar-refractivity contribution >= 4 is 136 Å². The van der Waals surface area contributed by atoms with E-state index in [1.54, 1.807) is 28.7 Å². The van der Waals surface area contributed by atoms with Crippen LogP contribution in [-0.2, 0) is 0 Å². The van der Waals surface area contributed by atoms with Crippen LogP contribution in [0.4, 0.5) is 0 Å². The fourth-order valence-corrected chi connectivity index (χ4v) is 9.56. The third-order valence-electron chi connectivity index (χ3n) is 7.70. The van der Waals surface area contributed by atoms with Crippen LogP contribution in [0.5, 0.6) is 0 Å². The van der Waals surface area contributed by atoms with E-state index in [1.807, 2.05) is 66.7 Å². The lowest BCUT2D eigenvalue weighted by molar-refractivity contribution is 0.111. The summed E-state index contributed by atoms with van der Waals surface area (Å²) in [5.74, 6) is 0. The lowest BCUT2D eigenvalue weighted by atomic mass is 9.80. The van der Waals surface area contributed by atoms with Gasteiger partial charge in [0.1, 0.15) is 0 Å². The van der Waals surface area contributed by atoms with Crippen molar-refractivity contribution in [3.8, 4) is 11.1 Å². The molecule has 0 aliphatic carbocycles. The summed E-state index contributed by atoms with van der Waals surface area (Å²) in [6.07, 6.45) is 1.74. The molecule has 4 nitrogen and oxygen atoms in total. The van der Waals surface area contributed by atoms with Crippen molar-refractivity contribution in [1.29, 1.82) is 0 Å². The molecular weight excluding hydrogens is 835 g/mol. The molecule has 0 amide bonds. The summed E-state index contributed by atoms with van der Waals surface area (Å²) in [6, 6.07) is 39.8. The maximum atomic E-state index is 11.5. The molecule has 0 saturated heterocycles. The highest BCUT2D eigenvalue weighted by Crippen LogP contribution is 2.41. The van der Waals surface area contributed by atoms with E-state index in [0.29, 0.717) is 16.6 Å². The number of hydrogen-bond donors (Lipinski definition) is 2. The first-order chi connectivity index (χ1) is 23.3. The van der Waals surface area contributed by atoms with Crippen LogP contribution >= 0.6 is 70.5 Å². The highest BCUT2D eigenvalue weighted by molar-refractivity contribution is 9.11. The van der Waals surface area contributed by atoms with Crippen LogP contribution in [0.1, 0.15) is 20.7 Å². The molecule has 10 heteroatoms. The van der Waals surface area contributed by atoms with Gasteiger partial charge in [-0.25, -0.2) is 0 Å². The minimum Gasteiger partial charge on any atom is -0.423 e. The maximum absolute atomic E-state index is 11.5. The molecule has 0 aliphatic rings.